The predicted octanol–water partition coefficient (Wildman–Crippen LogP) is 2.18. The van der Waals surface area contributed by atoms with E-state index >= 15 is 0 Å². The summed E-state index contributed by atoms with van der Waals surface area (Å²) in [5.41, 5.74) is 0.640. The van der Waals surface area contributed by atoms with E-state index < -0.39 is 0 Å². The fourth-order valence-electron chi connectivity index (χ4n) is 3.84. The maximum atomic E-state index is 12.9. The van der Waals surface area contributed by atoms with Crippen molar-refractivity contribution in [2.24, 2.45) is 5.92 Å². The minimum atomic E-state index is -0.123. The van der Waals surface area contributed by atoms with E-state index in [9.17, 15) is 9.59 Å². The van der Waals surface area contributed by atoms with Crippen LogP contribution in [0.25, 0.3) is 0 Å². The lowest BCUT2D eigenvalue weighted by Crippen LogP contribution is -2.41. The monoisotopic (exact) mass is 383 g/mol. The Morgan fingerprint density at radius 3 is 2.61 bits per heavy atom. The maximum Gasteiger partial charge on any atom is 0.293 e. The van der Waals surface area contributed by atoms with Crippen molar-refractivity contribution < 1.29 is 0 Å². The highest BCUT2D eigenvalue weighted by Crippen LogP contribution is 2.30. The van der Waals surface area contributed by atoms with Crippen LogP contribution in [0.4, 0.5) is 5.82 Å². The molecule has 150 valence electrons. The van der Waals surface area contributed by atoms with E-state index in [1.54, 1.807) is 33.8 Å². The molecule has 1 aliphatic heterocycles. The van der Waals surface area contributed by atoms with Crippen molar-refractivity contribution >= 4 is 5.82 Å². The summed E-state index contributed by atoms with van der Waals surface area (Å²) >= 11 is 0. The highest BCUT2D eigenvalue weighted by atomic mass is 16.1. The quantitative estimate of drug-likeness (QED) is 0.791. The smallest absolute Gasteiger partial charge is 0.293 e. The Balaban J connectivity index is 1.60. The molecule has 0 N–H and O–H groups in total. The second-order valence-electron chi connectivity index (χ2n) is 9.13. The second-order valence-corrected chi connectivity index (χ2v) is 9.13. The largest absolute Gasteiger partial charge is 0.347 e. The van der Waals surface area contributed by atoms with Crippen LogP contribution in [0.5, 0.6) is 0 Å². The van der Waals surface area contributed by atoms with Crippen molar-refractivity contribution in [3.05, 3.63) is 50.9 Å². The summed E-state index contributed by atoms with van der Waals surface area (Å²) in [6, 6.07) is 3.45. The lowest BCUT2D eigenvalue weighted by molar-refractivity contribution is 0.455. The molecule has 2 aliphatic rings. The zero-order valence-corrected chi connectivity index (χ0v) is 17.0. The standard InChI is InChI=1S/C21H29N5O2/c1-21(2,3)17-8-9-18(27)26(23-17)14-16-5-4-11-25(16)19-20(28)24(12-10-22-19)13-15-6-7-15/h8-10,12,15-16H,4-7,11,13-14H2,1-3H3. The SMILES string of the molecule is CC(C)(C)c1ccc(=O)n(CC2CCCN2c2nccn(CC3CC3)c2=O)n1. The molecule has 1 unspecified atom stereocenters. The molecule has 1 saturated heterocycles. The molecule has 2 aromatic heterocycles. The summed E-state index contributed by atoms with van der Waals surface area (Å²) in [6.45, 7) is 8.30. The first-order chi connectivity index (χ1) is 13.3. The van der Waals surface area contributed by atoms with Gasteiger partial charge in [-0.1, -0.05) is 20.8 Å². The molecule has 1 aliphatic carbocycles. The van der Waals surface area contributed by atoms with Gasteiger partial charge in [-0.25, -0.2) is 9.67 Å². The van der Waals surface area contributed by atoms with Crippen molar-refractivity contribution in [2.45, 2.75) is 71.0 Å². The topological polar surface area (TPSA) is 73.0 Å². The zero-order valence-electron chi connectivity index (χ0n) is 17.0. The Hall–Kier alpha value is -2.44. The van der Waals surface area contributed by atoms with Crippen molar-refractivity contribution in [2.75, 3.05) is 11.4 Å². The van der Waals surface area contributed by atoms with Gasteiger partial charge >= 0.3 is 0 Å². The van der Waals surface area contributed by atoms with Gasteiger partial charge in [0.15, 0.2) is 5.82 Å². The van der Waals surface area contributed by atoms with Crippen LogP contribution in [0.1, 0.15) is 52.1 Å². The van der Waals surface area contributed by atoms with Crippen LogP contribution < -0.4 is 16.0 Å². The van der Waals surface area contributed by atoms with Crippen LogP contribution in [0, 0.1) is 5.92 Å². The zero-order chi connectivity index (χ0) is 19.9. The lowest BCUT2D eigenvalue weighted by Gasteiger charge is -2.26. The Morgan fingerprint density at radius 2 is 1.89 bits per heavy atom. The Labute approximate surface area is 165 Å². The summed E-state index contributed by atoms with van der Waals surface area (Å²) in [5, 5.41) is 4.60. The summed E-state index contributed by atoms with van der Waals surface area (Å²) in [5.74, 6) is 1.14. The molecule has 4 rings (SSSR count). The van der Waals surface area contributed by atoms with Crippen molar-refractivity contribution in [1.82, 2.24) is 19.3 Å². The first-order valence-corrected chi connectivity index (χ1v) is 10.2. The van der Waals surface area contributed by atoms with Crippen LogP contribution in [-0.4, -0.2) is 31.9 Å². The first kappa shape index (κ1) is 18.9. The third-order valence-electron chi connectivity index (χ3n) is 5.72. The molecule has 7 heteroatoms. The molecule has 0 aromatic carbocycles. The molecule has 1 atom stereocenters. The molecule has 0 spiro atoms. The molecule has 7 nitrogen and oxygen atoms in total. The van der Waals surface area contributed by atoms with Crippen molar-refractivity contribution in [1.29, 1.82) is 0 Å². The van der Waals surface area contributed by atoms with E-state index in [1.807, 2.05) is 0 Å². The predicted molar refractivity (Wildman–Crippen MR) is 109 cm³/mol. The van der Waals surface area contributed by atoms with Gasteiger partial charge in [-0.3, -0.25) is 9.59 Å². The Kier molecular flexibility index (Phi) is 4.85. The average molecular weight is 383 g/mol. The van der Waals surface area contributed by atoms with Gasteiger partial charge in [0.2, 0.25) is 0 Å². The third-order valence-corrected chi connectivity index (χ3v) is 5.72. The molecular formula is C21H29N5O2. The third kappa shape index (κ3) is 3.88. The number of rotatable bonds is 5. The number of hydrogen-bond donors (Lipinski definition) is 0. The Morgan fingerprint density at radius 1 is 1.11 bits per heavy atom. The molecule has 3 heterocycles. The minimum Gasteiger partial charge on any atom is -0.347 e. The van der Waals surface area contributed by atoms with Gasteiger partial charge in [0.1, 0.15) is 0 Å². The van der Waals surface area contributed by atoms with Gasteiger partial charge in [0.25, 0.3) is 11.1 Å². The maximum absolute atomic E-state index is 12.9. The normalized spacial score (nSPS) is 20.0. The molecule has 0 amide bonds. The summed E-state index contributed by atoms with van der Waals surface area (Å²) in [7, 11) is 0. The van der Waals surface area contributed by atoms with Crippen LogP contribution in [0.3, 0.4) is 0 Å². The second kappa shape index (κ2) is 7.18. The van der Waals surface area contributed by atoms with E-state index in [1.165, 1.54) is 12.8 Å². The van der Waals surface area contributed by atoms with Crippen LogP contribution in [0.15, 0.2) is 34.1 Å². The molecule has 0 radical (unpaired) electrons. The van der Waals surface area contributed by atoms with Crippen LogP contribution in [-0.2, 0) is 18.5 Å². The van der Waals surface area contributed by atoms with Crippen molar-refractivity contribution in [3.63, 3.8) is 0 Å². The summed E-state index contributed by atoms with van der Waals surface area (Å²) in [4.78, 5) is 31.8. The minimum absolute atomic E-state index is 0.0231. The van der Waals surface area contributed by atoms with Gasteiger partial charge in [0.05, 0.1) is 18.3 Å². The van der Waals surface area contributed by atoms with E-state index in [-0.39, 0.29) is 22.6 Å². The van der Waals surface area contributed by atoms with Gasteiger partial charge in [-0.15, -0.1) is 0 Å². The summed E-state index contributed by atoms with van der Waals surface area (Å²) < 4.78 is 3.34. The number of anilines is 1. The van der Waals surface area contributed by atoms with Crippen LogP contribution >= 0.6 is 0 Å². The first-order valence-electron chi connectivity index (χ1n) is 10.2. The molecule has 2 aromatic rings. The van der Waals surface area contributed by atoms with Crippen LogP contribution in [0.2, 0.25) is 0 Å². The summed E-state index contributed by atoms with van der Waals surface area (Å²) in [6.07, 6.45) is 7.82. The Bertz CT molecular complexity index is 968. The molecule has 28 heavy (non-hydrogen) atoms. The van der Waals surface area contributed by atoms with E-state index in [2.05, 4.69) is 35.8 Å². The van der Waals surface area contributed by atoms with Gasteiger partial charge in [0, 0.05) is 37.0 Å². The van der Waals surface area contributed by atoms with E-state index in [0.717, 1.165) is 31.6 Å². The van der Waals surface area contributed by atoms with Gasteiger partial charge in [-0.2, -0.15) is 5.10 Å². The van der Waals surface area contributed by atoms with E-state index in [4.69, 9.17) is 0 Å². The average Bonchev–Trinajstić information content (AvgIpc) is 3.34. The molecule has 2 fully saturated rings. The van der Waals surface area contributed by atoms with E-state index in [0.29, 0.717) is 18.3 Å². The fraction of sp³-hybridized carbons (Fsp3) is 0.619. The highest BCUT2D eigenvalue weighted by Gasteiger charge is 2.30. The number of nitrogens with zero attached hydrogens (tertiary/aromatic N) is 5. The van der Waals surface area contributed by atoms with Gasteiger partial charge in [-0.05, 0) is 37.7 Å². The van der Waals surface area contributed by atoms with Gasteiger partial charge < -0.3 is 9.47 Å². The van der Waals surface area contributed by atoms with Crippen molar-refractivity contribution in [3.8, 4) is 0 Å². The lowest BCUT2D eigenvalue weighted by atomic mass is 9.92. The molecule has 0 bridgehead atoms. The number of aromatic nitrogens is 4. The molecule has 1 saturated carbocycles. The molecular weight excluding hydrogens is 354 g/mol. The number of hydrogen-bond acceptors (Lipinski definition) is 5. The fourth-order valence-corrected chi connectivity index (χ4v) is 3.84. The highest BCUT2D eigenvalue weighted by molar-refractivity contribution is 5.38.